The third kappa shape index (κ3) is 4.12. The van der Waals surface area contributed by atoms with Crippen molar-refractivity contribution >= 4 is 23.1 Å². The molecule has 0 saturated carbocycles. The van der Waals surface area contributed by atoms with E-state index < -0.39 is 23.5 Å². The van der Waals surface area contributed by atoms with Gasteiger partial charge in [0.15, 0.2) is 11.5 Å². The minimum atomic E-state index is -0.933. The van der Waals surface area contributed by atoms with E-state index in [1.165, 1.54) is 36.3 Å². The molecule has 4 rings (SSSR count). The second-order valence-corrected chi connectivity index (χ2v) is 7.86. The van der Waals surface area contributed by atoms with Crippen LogP contribution in [0.5, 0.6) is 11.5 Å². The van der Waals surface area contributed by atoms with Crippen LogP contribution in [0.4, 0.5) is 10.1 Å². The number of hydrogen-bond donors (Lipinski definition) is 1. The Morgan fingerprint density at radius 1 is 1.03 bits per heavy atom. The van der Waals surface area contributed by atoms with Crippen LogP contribution in [-0.2, 0) is 9.59 Å². The lowest BCUT2D eigenvalue weighted by atomic mass is 9.94. The molecule has 0 aliphatic carbocycles. The Balaban J connectivity index is 1.96. The molecule has 1 aliphatic heterocycles. The third-order valence-electron chi connectivity index (χ3n) is 5.65. The van der Waals surface area contributed by atoms with Crippen molar-refractivity contribution in [3.63, 3.8) is 0 Å². The maximum Gasteiger partial charge on any atom is 0.300 e. The maximum absolute atomic E-state index is 13.5. The number of ether oxygens (including phenoxy) is 2. The number of aliphatic hydroxyl groups is 1. The minimum absolute atomic E-state index is 0.0919. The number of anilines is 1. The predicted octanol–water partition coefficient (Wildman–Crippen LogP) is 5.17. The van der Waals surface area contributed by atoms with Crippen molar-refractivity contribution in [1.29, 1.82) is 0 Å². The van der Waals surface area contributed by atoms with Crippen molar-refractivity contribution in [2.24, 2.45) is 0 Å². The molecule has 34 heavy (non-hydrogen) atoms. The first kappa shape index (κ1) is 23.0. The minimum Gasteiger partial charge on any atom is -0.507 e. The highest BCUT2D eigenvalue weighted by Crippen LogP contribution is 2.44. The summed E-state index contributed by atoms with van der Waals surface area (Å²) in [7, 11) is 1.52. The van der Waals surface area contributed by atoms with E-state index in [0.29, 0.717) is 29.4 Å². The van der Waals surface area contributed by atoms with E-state index in [4.69, 9.17) is 9.47 Å². The number of amides is 1. The summed E-state index contributed by atoms with van der Waals surface area (Å²) >= 11 is 0. The Kier molecular flexibility index (Phi) is 6.36. The molecular formula is C27H24FNO5. The normalized spacial score (nSPS) is 17.2. The molecule has 174 valence electrons. The fourth-order valence-electron chi connectivity index (χ4n) is 4.09. The number of aliphatic hydroxyl groups excluding tert-OH is 1. The van der Waals surface area contributed by atoms with Gasteiger partial charge in [-0.15, -0.1) is 0 Å². The largest absolute Gasteiger partial charge is 0.507 e. The fourth-order valence-corrected chi connectivity index (χ4v) is 4.09. The fraction of sp³-hybridized carbons (Fsp3) is 0.185. The summed E-state index contributed by atoms with van der Waals surface area (Å²) in [5, 5.41) is 11.1. The topological polar surface area (TPSA) is 76.1 Å². The average Bonchev–Trinajstić information content (AvgIpc) is 3.09. The number of hydrogen-bond acceptors (Lipinski definition) is 5. The van der Waals surface area contributed by atoms with Crippen LogP contribution < -0.4 is 14.4 Å². The zero-order valence-corrected chi connectivity index (χ0v) is 19.0. The molecule has 0 radical (unpaired) electrons. The van der Waals surface area contributed by atoms with E-state index in [1.54, 1.807) is 36.4 Å². The maximum atomic E-state index is 13.5. The summed E-state index contributed by atoms with van der Waals surface area (Å²) in [4.78, 5) is 27.8. The van der Waals surface area contributed by atoms with Crippen LogP contribution >= 0.6 is 0 Å². The van der Waals surface area contributed by atoms with Crippen LogP contribution in [0.3, 0.4) is 0 Å². The van der Waals surface area contributed by atoms with Gasteiger partial charge in [0.2, 0.25) is 0 Å². The number of aryl methyl sites for hydroxylation is 1. The second-order valence-electron chi connectivity index (χ2n) is 7.86. The number of nitrogens with zero attached hydrogens (tertiary/aromatic N) is 1. The zero-order chi connectivity index (χ0) is 24.4. The van der Waals surface area contributed by atoms with Gasteiger partial charge in [0.05, 0.1) is 25.3 Å². The molecule has 1 fully saturated rings. The van der Waals surface area contributed by atoms with Crippen molar-refractivity contribution in [2.75, 3.05) is 18.6 Å². The van der Waals surface area contributed by atoms with Gasteiger partial charge in [0.25, 0.3) is 11.7 Å². The summed E-state index contributed by atoms with van der Waals surface area (Å²) in [5.74, 6) is -1.52. The number of halogens is 1. The van der Waals surface area contributed by atoms with Crippen molar-refractivity contribution in [3.05, 3.63) is 94.8 Å². The third-order valence-corrected chi connectivity index (χ3v) is 5.65. The molecule has 1 heterocycles. The molecule has 1 amide bonds. The van der Waals surface area contributed by atoms with Crippen molar-refractivity contribution in [1.82, 2.24) is 0 Å². The highest BCUT2D eigenvalue weighted by molar-refractivity contribution is 6.51. The number of methoxy groups -OCH3 is 1. The number of ketones is 1. The van der Waals surface area contributed by atoms with E-state index >= 15 is 0 Å². The average molecular weight is 461 g/mol. The SMILES string of the molecule is CCOc1cc(C2/C(=C(/O)c3ccc(F)cc3)C(=O)C(=O)N2c2cccc(C)c2)ccc1OC. The lowest BCUT2D eigenvalue weighted by molar-refractivity contribution is -0.132. The van der Waals surface area contributed by atoms with Gasteiger partial charge in [-0.1, -0.05) is 18.2 Å². The Bertz CT molecular complexity index is 1280. The standard InChI is InChI=1S/C27H24FNO5/c1-4-34-22-15-18(10-13-21(22)33-3)24-23(25(30)17-8-11-19(28)12-9-17)26(31)27(32)29(24)20-7-5-6-16(2)14-20/h5-15,24,30H,4H2,1-3H3/b25-23-. The van der Waals surface area contributed by atoms with Gasteiger partial charge >= 0.3 is 0 Å². The Morgan fingerprint density at radius 3 is 2.41 bits per heavy atom. The van der Waals surface area contributed by atoms with Crippen molar-refractivity contribution < 1.29 is 28.6 Å². The molecule has 0 spiro atoms. The van der Waals surface area contributed by atoms with Gasteiger partial charge in [-0.05, 0) is 73.5 Å². The smallest absolute Gasteiger partial charge is 0.300 e. The van der Waals surface area contributed by atoms with Crippen LogP contribution in [0.2, 0.25) is 0 Å². The summed E-state index contributed by atoms with van der Waals surface area (Å²) in [6.45, 7) is 4.10. The van der Waals surface area contributed by atoms with Crippen molar-refractivity contribution in [3.8, 4) is 11.5 Å². The molecule has 0 aromatic heterocycles. The molecule has 3 aromatic rings. The molecule has 7 heteroatoms. The van der Waals surface area contributed by atoms with Gasteiger partial charge in [0, 0.05) is 11.3 Å². The summed E-state index contributed by atoms with van der Waals surface area (Å²) < 4.78 is 24.5. The molecule has 1 N–H and O–H groups in total. The lowest BCUT2D eigenvalue weighted by Crippen LogP contribution is -2.29. The van der Waals surface area contributed by atoms with Gasteiger partial charge in [-0.3, -0.25) is 14.5 Å². The molecule has 6 nitrogen and oxygen atoms in total. The quantitative estimate of drug-likeness (QED) is 0.312. The second kappa shape index (κ2) is 9.39. The molecule has 1 atom stereocenters. The first-order valence-electron chi connectivity index (χ1n) is 10.8. The predicted molar refractivity (Wildman–Crippen MR) is 127 cm³/mol. The highest BCUT2D eigenvalue weighted by atomic mass is 19.1. The Hall–Kier alpha value is -4.13. The molecule has 3 aromatic carbocycles. The molecular weight excluding hydrogens is 437 g/mol. The number of benzene rings is 3. The van der Waals surface area contributed by atoms with Crippen LogP contribution in [0.15, 0.2) is 72.3 Å². The van der Waals surface area contributed by atoms with Crippen LogP contribution in [0.1, 0.15) is 29.7 Å². The molecule has 1 unspecified atom stereocenters. The zero-order valence-electron chi connectivity index (χ0n) is 19.0. The van der Waals surface area contributed by atoms with E-state index in [9.17, 15) is 19.1 Å². The monoisotopic (exact) mass is 461 g/mol. The van der Waals surface area contributed by atoms with Crippen molar-refractivity contribution in [2.45, 2.75) is 19.9 Å². The van der Waals surface area contributed by atoms with E-state index in [1.807, 2.05) is 19.9 Å². The van der Waals surface area contributed by atoms with Gasteiger partial charge in [0.1, 0.15) is 11.6 Å². The lowest BCUT2D eigenvalue weighted by Gasteiger charge is -2.26. The highest BCUT2D eigenvalue weighted by Gasteiger charge is 2.47. The number of rotatable bonds is 6. The summed E-state index contributed by atoms with van der Waals surface area (Å²) in [6, 6.07) is 16.5. The van der Waals surface area contributed by atoms with Gasteiger partial charge < -0.3 is 14.6 Å². The van der Waals surface area contributed by atoms with Gasteiger partial charge in [-0.25, -0.2) is 4.39 Å². The van der Waals surface area contributed by atoms with E-state index in [2.05, 4.69) is 0 Å². The molecule has 1 aliphatic rings. The molecule has 0 bridgehead atoms. The van der Waals surface area contributed by atoms with E-state index in [-0.39, 0.29) is 16.9 Å². The number of Topliss-reactive ketones (excluding diaryl/α,β-unsaturated/α-hetero) is 1. The number of carbonyl (C=O) groups excluding carboxylic acids is 2. The van der Waals surface area contributed by atoms with E-state index in [0.717, 1.165) is 5.56 Å². The van der Waals surface area contributed by atoms with Crippen LogP contribution in [-0.4, -0.2) is 30.5 Å². The first-order chi connectivity index (χ1) is 16.3. The summed E-state index contributed by atoms with van der Waals surface area (Å²) in [5.41, 5.74) is 2.10. The van der Waals surface area contributed by atoms with Crippen LogP contribution in [0.25, 0.3) is 5.76 Å². The first-order valence-corrected chi connectivity index (χ1v) is 10.8. The van der Waals surface area contributed by atoms with Gasteiger partial charge in [-0.2, -0.15) is 0 Å². The molecule has 1 saturated heterocycles. The van der Waals surface area contributed by atoms with Crippen LogP contribution in [0, 0.1) is 12.7 Å². The Morgan fingerprint density at radius 2 is 1.76 bits per heavy atom. The Labute approximate surface area is 196 Å². The number of carbonyl (C=O) groups is 2. The summed E-state index contributed by atoms with van der Waals surface area (Å²) in [6.07, 6.45) is 0.